The fraction of sp³-hybridized carbons (Fsp3) is 0.323. The van der Waals surface area contributed by atoms with E-state index in [1.165, 1.54) is 84.1 Å². The summed E-state index contributed by atoms with van der Waals surface area (Å²) in [5.41, 5.74) is -3.50. The van der Waals surface area contributed by atoms with Crippen molar-refractivity contribution >= 4 is 12.0 Å². The van der Waals surface area contributed by atoms with E-state index in [0.29, 0.717) is 5.56 Å². The summed E-state index contributed by atoms with van der Waals surface area (Å²) in [5.74, 6) is -1.40. The largest absolute Gasteiger partial charge is 0.493 e. The number of alkyl halides is 3. The normalized spacial score (nSPS) is 13.5. The number of aliphatic hydroxyl groups is 1. The molecule has 0 saturated heterocycles. The van der Waals surface area contributed by atoms with E-state index in [9.17, 15) is 23.1 Å². The number of benzene rings is 3. The van der Waals surface area contributed by atoms with Crippen LogP contribution in [0.15, 0.2) is 60.7 Å². The molecule has 238 valence electrons. The van der Waals surface area contributed by atoms with Crippen molar-refractivity contribution in [3.8, 4) is 34.5 Å². The van der Waals surface area contributed by atoms with Gasteiger partial charge in [-0.3, -0.25) is 0 Å². The summed E-state index contributed by atoms with van der Waals surface area (Å²) in [6.07, 6.45) is -4.07. The Bertz CT molecular complexity index is 1390. The molecule has 13 heteroatoms. The molecule has 0 unspecified atom stereocenters. The Morgan fingerprint density at radius 1 is 0.795 bits per heavy atom. The zero-order valence-electron chi connectivity index (χ0n) is 24.9. The van der Waals surface area contributed by atoms with E-state index in [1.807, 2.05) is 0 Å². The van der Waals surface area contributed by atoms with Crippen LogP contribution in [-0.4, -0.2) is 66.5 Å². The second kappa shape index (κ2) is 14.7. The van der Waals surface area contributed by atoms with Gasteiger partial charge in [0, 0.05) is 18.2 Å². The fourth-order valence-electron chi connectivity index (χ4n) is 4.37. The third kappa shape index (κ3) is 6.79. The quantitative estimate of drug-likeness (QED) is 0.184. The molecule has 44 heavy (non-hydrogen) atoms. The number of carbonyl (C=O) groups excluding carboxylic acids is 1. The molecule has 0 spiro atoms. The van der Waals surface area contributed by atoms with Gasteiger partial charge >= 0.3 is 12.1 Å². The summed E-state index contributed by atoms with van der Waals surface area (Å²) in [6.45, 7) is -0.232. The Labute approximate surface area is 252 Å². The monoisotopic (exact) mass is 622 g/mol. The number of hydrogen-bond donors (Lipinski definition) is 1. The van der Waals surface area contributed by atoms with Crippen LogP contribution in [0.25, 0.3) is 6.08 Å². The number of methoxy groups -OCH3 is 6. The SMILES string of the molecule is COc1cc([C@@H](OC(=O)[C@](OC)(c2ccccc2)C(F)(F)F)Oc2c(OC)cc(/C=C\CO)cc2OC)cc(OC)c1OC. The topological polar surface area (TPSA) is 111 Å². The molecule has 0 aliphatic carbocycles. The average molecular weight is 623 g/mol. The van der Waals surface area contributed by atoms with Crippen LogP contribution in [0, 0.1) is 0 Å². The van der Waals surface area contributed by atoms with Crippen LogP contribution in [-0.2, 0) is 19.9 Å². The van der Waals surface area contributed by atoms with Gasteiger partial charge in [0.25, 0.3) is 11.9 Å². The molecule has 10 nitrogen and oxygen atoms in total. The molecule has 0 amide bonds. The number of hydrogen-bond acceptors (Lipinski definition) is 10. The molecule has 3 rings (SSSR count). The highest BCUT2D eigenvalue weighted by atomic mass is 19.4. The van der Waals surface area contributed by atoms with Crippen molar-refractivity contribution in [3.63, 3.8) is 0 Å². The van der Waals surface area contributed by atoms with Crippen LogP contribution < -0.4 is 28.4 Å². The number of rotatable bonds is 14. The van der Waals surface area contributed by atoms with Crippen LogP contribution in [0.2, 0.25) is 0 Å². The summed E-state index contributed by atoms with van der Waals surface area (Å²) in [6, 6.07) is 12.1. The van der Waals surface area contributed by atoms with E-state index >= 15 is 0 Å². The first-order valence-electron chi connectivity index (χ1n) is 12.9. The maximum absolute atomic E-state index is 14.7. The van der Waals surface area contributed by atoms with Crippen LogP contribution in [0.4, 0.5) is 13.2 Å². The predicted octanol–water partition coefficient (Wildman–Crippen LogP) is 5.46. The van der Waals surface area contributed by atoms with Gasteiger partial charge in [-0.2, -0.15) is 13.2 Å². The van der Waals surface area contributed by atoms with E-state index in [2.05, 4.69) is 0 Å². The van der Waals surface area contributed by atoms with Gasteiger partial charge in [-0.15, -0.1) is 0 Å². The van der Waals surface area contributed by atoms with Gasteiger partial charge < -0.3 is 43.0 Å². The van der Waals surface area contributed by atoms with Crippen molar-refractivity contribution in [2.45, 2.75) is 18.1 Å². The number of esters is 1. The first-order chi connectivity index (χ1) is 21.0. The van der Waals surface area contributed by atoms with E-state index in [1.54, 1.807) is 6.08 Å². The molecule has 0 fully saturated rings. The van der Waals surface area contributed by atoms with E-state index in [4.69, 9.17) is 37.9 Å². The zero-order valence-corrected chi connectivity index (χ0v) is 24.9. The Morgan fingerprint density at radius 2 is 1.32 bits per heavy atom. The number of halogens is 3. The number of aliphatic hydroxyl groups excluding tert-OH is 1. The molecular weight excluding hydrogens is 589 g/mol. The lowest BCUT2D eigenvalue weighted by Crippen LogP contribution is -2.52. The van der Waals surface area contributed by atoms with Gasteiger partial charge in [0.05, 0.1) is 42.2 Å². The Balaban J connectivity index is 2.26. The highest BCUT2D eigenvalue weighted by molar-refractivity contribution is 5.83. The zero-order chi connectivity index (χ0) is 32.5. The molecule has 0 aliphatic rings. The van der Waals surface area contributed by atoms with Gasteiger partial charge in [-0.05, 0) is 29.8 Å². The summed E-state index contributed by atoms with van der Waals surface area (Å²) in [5, 5.41) is 9.17. The molecule has 0 bridgehead atoms. The summed E-state index contributed by atoms with van der Waals surface area (Å²) in [4.78, 5) is 13.7. The molecule has 3 aromatic rings. The minimum absolute atomic E-state index is 0.00134. The molecule has 0 radical (unpaired) electrons. The number of carbonyl (C=O) groups is 1. The molecule has 0 aliphatic heterocycles. The average Bonchev–Trinajstić information content (AvgIpc) is 3.03. The third-order valence-corrected chi connectivity index (χ3v) is 6.47. The molecule has 1 N–H and O–H groups in total. The Kier molecular flexibility index (Phi) is 11.3. The van der Waals surface area contributed by atoms with E-state index < -0.39 is 29.6 Å². The highest BCUT2D eigenvalue weighted by Gasteiger charge is 2.64. The van der Waals surface area contributed by atoms with Crippen molar-refractivity contribution in [1.82, 2.24) is 0 Å². The molecule has 0 aromatic heterocycles. The minimum Gasteiger partial charge on any atom is -0.493 e. The first kappa shape index (κ1) is 33.9. The van der Waals surface area contributed by atoms with Gasteiger partial charge in [0.2, 0.25) is 11.5 Å². The standard InChI is InChI=1S/C31H33F3O10/c1-37-22-15-19(11-10-14-35)16-23(38-2)27(22)43-28(20-17-24(39-3)26(41-5)25(18-20)40-4)44-29(36)30(42-6,31(32,33)34)21-12-8-7-9-13-21/h7-13,15-18,28,35H,14H2,1-6H3/b11-10-/t28-,30-/m1/s1. The van der Waals surface area contributed by atoms with Crippen molar-refractivity contribution in [2.75, 3.05) is 49.3 Å². The molecule has 2 atom stereocenters. The van der Waals surface area contributed by atoms with Crippen molar-refractivity contribution in [2.24, 2.45) is 0 Å². The van der Waals surface area contributed by atoms with Crippen molar-refractivity contribution < 1.29 is 61.0 Å². The smallest absolute Gasteiger partial charge is 0.432 e. The lowest BCUT2D eigenvalue weighted by Gasteiger charge is -2.34. The summed E-state index contributed by atoms with van der Waals surface area (Å²) in [7, 11) is 7.45. The highest BCUT2D eigenvalue weighted by Crippen LogP contribution is 2.47. The second-order valence-corrected chi connectivity index (χ2v) is 8.90. The molecule has 0 heterocycles. The minimum atomic E-state index is -5.25. The Hall–Kier alpha value is -4.62. The van der Waals surface area contributed by atoms with E-state index in [0.717, 1.165) is 19.2 Å². The number of ether oxygens (including phenoxy) is 8. The van der Waals surface area contributed by atoms with E-state index in [-0.39, 0.29) is 46.7 Å². The second-order valence-electron chi connectivity index (χ2n) is 8.90. The van der Waals surface area contributed by atoms with Crippen LogP contribution >= 0.6 is 0 Å². The van der Waals surface area contributed by atoms with Gasteiger partial charge in [0.1, 0.15) is 0 Å². The third-order valence-electron chi connectivity index (χ3n) is 6.47. The first-order valence-corrected chi connectivity index (χ1v) is 12.9. The lowest BCUT2D eigenvalue weighted by molar-refractivity contribution is -0.282. The van der Waals surface area contributed by atoms with Crippen LogP contribution in [0.5, 0.6) is 34.5 Å². The molecular formula is C31H33F3O10. The summed E-state index contributed by atoms with van der Waals surface area (Å²) >= 11 is 0. The van der Waals surface area contributed by atoms with Crippen molar-refractivity contribution in [3.05, 3.63) is 77.4 Å². The van der Waals surface area contributed by atoms with Gasteiger partial charge in [0.15, 0.2) is 23.0 Å². The Morgan fingerprint density at radius 3 is 1.75 bits per heavy atom. The van der Waals surface area contributed by atoms with Crippen molar-refractivity contribution in [1.29, 1.82) is 0 Å². The molecule has 0 saturated carbocycles. The molecule has 3 aromatic carbocycles. The van der Waals surface area contributed by atoms with Gasteiger partial charge in [-0.25, -0.2) is 4.79 Å². The fourth-order valence-corrected chi connectivity index (χ4v) is 4.37. The van der Waals surface area contributed by atoms with Crippen LogP contribution in [0.3, 0.4) is 0 Å². The van der Waals surface area contributed by atoms with Gasteiger partial charge in [-0.1, -0.05) is 42.5 Å². The summed E-state index contributed by atoms with van der Waals surface area (Å²) < 4.78 is 87.8. The lowest BCUT2D eigenvalue weighted by atomic mass is 9.92. The van der Waals surface area contributed by atoms with Crippen LogP contribution in [0.1, 0.15) is 23.0 Å². The maximum atomic E-state index is 14.7. The predicted molar refractivity (Wildman–Crippen MR) is 152 cm³/mol. The maximum Gasteiger partial charge on any atom is 0.432 e.